The second-order valence-corrected chi connectivity index (χ2v) is 7.45. The minimum atomic E-state index is -0.402. The number of nitrogens with one attached hydrogen (secondary N) is 1. The van der Waals surface area contributed by atoms with Gasteiger partial charge in [-0.15, -0.1) is 0 Å². The number of fused-ring (bicyclic) bond motifs is 1. The maximum absolute atomic E-state index is 8.47. The van der Waals surface area contributed by atoms with Crippen LogP contribution >= 0.6 is 0 Å². The monoisotopic (exact) mass is 358 g/mol. The van der Waals surface area contributed by atoms with Crippen molar-refractivity contribution < 1.29 is 4.74 Å². The topological polar surface area (TPSA) is 45.4 Å². The van der Waals surface area contributed by atoms with Gasteiger partial charge in [0.05, 0.1) is 0 Å². The van der Waals surface area contributed by atoms with Gasteiger partial charge in [0, 0.05) is 18.9 Å². The molecule has 27 heavy (non-hydrogen) atoms. The fourth-order valence-corrected chi connectivity index (χ4v) is 3.13. The lowest BCUT2D eigenvalue weighted by Gasteiger charge is -2.25. The molecule has 0 spiro atoms. The van der Waals surface area contributed by atoms with E-state index in [1.165, 1.54) is 16.3 Å². The predicted molar refractivity (Wildman–Crippen MR) is 114 cm³/mol. The third kappa shape index (κ3) is 4.82. The third-order valence-corrected chi connectivity index (χ3v) is 4.74. The van der Waals surface area contributed by atoms with Crippen molar-refractivity contribution in [3.8, 4) is 0 Å². The molecule has 3 aromatic carbocycles. The van der Waals surface area contributed by atoms with Crippen molar-refractivity contribution in [2.45, 2.75) is 26.7 Å². The second kappa shape index (κ2) is 8.17. The Hall–Kier alpha value is -2.94. The highest BCUT2D eigenvalue weighted by molar-refractivity contribution is 5.94. The number of hydrogen-bond acceptors (Lipinski definition) is 3. The molecule has 1 N–H and O–H groups in total. The van der Waals surface area contributed by atoms with Crippen molar-refractivity contribution in [1.29, 1.82) is 5.41 Å². The highest BCUT2D eigenvalue weighted by atomic mass is 16.5. The van der Waals surface area contributed by atoms with Crippen LogP contribution in [0.25, 0.3) is 10.8 Å². The minimum absolute atomic E-state index is 0.243. The first-order chi connectivity index (χ1) is 13.0. The largest absolute Gasteiger partial charge is 0.429 e. The molecule has 3 nitrogen and oxygen atoms in total. The fourth-order valence-electron chi connectivity index (χ4n) is 3.13. The lowest BCUT2D eigenvalue weighted by Crippen LogP contribution is -2.31. The summed E-state index contributed by atoms with van der Waals surface area (Å²) in [6.07, 6.45) is 1.32. The Morgan fingerprint density at radius 3 is 2.26 bits per heavy atom. The first-order valence-electron chi connectivity index (χ1n) is 9.22. The Bertz CT molecular complexity index is 958. The van der Waals surface area contributed by atoms with Gasteiger partial charge in [-0.25, -0.2) is 0 Å². The van der Waals surface area contributed by atoms with Gasteiger partial charge in [-0.05, 0) is 28.3 Å². The van der Waals surface area contributed by atoms with E-state index in [0.29, 0.717) is 12.3 Å². The third-order valence-electron chi connectivity index (χ3n) is 4.74. The van der Waals surface area contributed by atoms with E-state index in [2.05, 4.69) is 47.5 Å². The molecule has 0 radical (unpaired) electrons. The fraction of sp³-hybridized carbons (Fsp3) is 0.250. The summed E-state index contributed by atoms with van der Waals surface area (Å²) in [5.41, 5.74) is 1.92. The van der Waals surface area contributed by atoms with Gasteiger partial charge in [0.2, 0.25) is 0 Å². The summed E-state index contributed by atoms with van der Waals surface area (Å²) in [7, 11) is 1.72. The van der Waals surface area contributed by atoms with Gasteiger partial charge in [-0.3, -0.25) is 10.4 Å². The molecule has 0 amide bonds. The smallest absolute Gasteiger partial charge is 0.195 e. The van der Waals surface area contributed by atoms with E-state index in [9.17, 15) is 0 Å². The predicted octanol–water partition coefficient (Wildman–Crippen LogP) is 5.67. The molecule has 0 saturated carbocycles. The molecule has 0 aromatic heterocycles. The summed E-state index contributed by atoms with van der Waals surface area (Å²) >= 11 is 0. The molecular weight excluding hydrogens is 332 g/mol. The van der Waals surface area contributed by atoms with Crippen LogP contribution in [0.5, 0.6) is 0 Å². The van der Waals surface area contributed by atoms with Gasteiger partial charge in [-0.1, -0.05) is 86.6 Å². The van der Waals surface area contributed by atoms with Crippen LogP contribution in [0.15, 0.2) is 77.8 Å². The zero-order chi connectivity index (χ0) is 19.3. The number of rotatable bonds is 5. The summed E-state index contributed by atoms with van der Waals surface area (Å²) in [6, 6.07) is 24.9. The van der Waals surface area contributed by atoms with Gasteiger partial charge in [0.25, 0.3) is 0 Å². The molecule has 0 unspecified atom stereocenters. The van der Waals surface area contributed by atoms with Crippen molar-refractivity contribution in [1.82, 2.24) is 0 Å². The van der Waals surface area contributed by atoms with E-state index in [4.69, 9.17) is 10.1 Å². The Kier molecular flexibility index (Phi) is 5.70. The summed E-state index contributed by atoms with van der Waals surface area (Å²) in [5.74, 6) is 0.809. The highest BCUT2D eigenvalue weighted by Crippen LogP contribution is 2.24. The maximum atomic E-state index is 8.47. The summed E-state index contributed by atoms with van der Waals surface area (Å²) in [6.45, 7) is 4.07. The average Bonchev–Trinajstić information content (AvgIpc) is 2.67. The summed E-state index contributed by atoms with van der Waals surface area (Å²) in [4.78, 5) is 4.28. The molecule has 0 heterocycles. The average molecular weight is 358 g/mol. The maximum Gasteiger partial charge on any atom is 0.195 e. The lowest BCUT2D eigenvalue weighted by atomic mass is 9.85. The number of ether oxygens (including phenoxy) is 1. The van der Waals surface area contributed by atoms with Crippen LogP contribution in [-0.4, -0.2) is 18.8 Å². The van der Waals surface area contributed by atoms with Crippen molar-refractivity contribution in [3.63, 3.8) is 0 Å². The van der Waals surface area contributed by atoms with Crippen LogP contribution in [-0.2, 0) is 17.6 Å². The van der Waals surface area contributed by atoms with Crippen LogP contribution in [0.2, 0.25) is 0 Å². The van der Waals surface area contributed by atoms with Gasteiger partial charge in [0.1, 0.15) is 0 Å². The lowest BCUT2D eigenvalue weighted by molar-refractivity contribution is 0.388. The van der Waals surface area contributed by atoms with Gasteiger partial charge < -0.3 is 4.74 Å². The molecule has 3 rings (SSSR count). The van der Waals surface area contributed by atoms with E-state index >= 15 is 0 Å². The minimum Gasteiger partial charge on any atom is -0.429 e. The van der Waals surface area contributed by atoms with E-state index in [1.807, 2.05) is 44.2 Å². The quantitative estimate of drug-likeness (QED) is 0.463. The first-order valence-corrected chi connectivity index (χ1v) is 9.22. The van der Waals surface area contributed by atoms with E-state index in [1.54, 1.807) is 7.05 Å². The highest BCUT2D eigenvalue weighted by Gasteiger charge is 2.27. The molecule has 0 atom stereocenters. The van der Waals surface area contributed by atoms with Gasteiger partial charge in [-0.2, -0.15) is 0 Å². The molecule has 0 bridgehead atoms. The molecule has 0 fully saturated rings. The zero-order valence-electron chi connectivity index (χ0n) is 16.2. The standard InChI is InChI=1S/C24H26N2O/c1-24(2,17-18-9-5-4-6-10-18)23(25)27-22(26-3)16-19-13-14-20-11-7-8-12-21(20)15-19/h4-15,25H,16-17H2,1-3H3/b25-23?,26-22-. The number of hydrogen-bond donors (Lipinski definition) is 1. The molecule has 3 aromatic rings. The SMILES string of the molecule is C/N=C(/Cc1ccc2ccccc2c1)OC(=N)C(C)(C)Cc1ccccc1. The molecule has 0 aliphatic carbocycles. The van der Waals surface area contributed by atoms with Crippen LogP contribution in [0, 0.1) is 10.8 Å². The van der Waals surface area contributed by atoms with Crippen LogP contribution < -0.4 is 0 Å². The van der Waals surface area contributed by atoms with Crippen molar-refractivity contribution in [3.05, 3.63) is 83.9 Å². The van der Waals surface area contributed by atoms with Crippen LogP contribution in [0.3, 0.4) is 0 Å². The van der Waals surface area contributed by atoms with E-state index in [0.717, 1.165) is 12.0 Å². The molecule has 0 aliphatic heterocycles. The molecule has 138 valence electrons. The second-order valence-electron chi connectivity index (χ2n) is 7.45. The van der Waals surface area contributed by atoms with E-state index in [-0.39, 0.29) is 5.90 Å². The Labute approximate surface area is 161 Å². The zero-order valence-corrected chi connectivity index (χ0v) is 16.2. The number of benzene rings is 3. The Balaban J connectivity index is 1.69. The van der Waals surface area contributed by atoms with Crippen LogP contribution in [0.1, 0.15) is 25.0 Å². The normalized spacial score (nSPS) is 12.2. The van der Waals surface area contributed by atoms with Crippen molar-refractivity contribution in [2.24, 2.45) is 10.4 Å². The molecular formula is C24H26N2O. The molecule has 3 heteroatoms. The first kappa shape index (κ1) is 18.8. The van der Waals surface area contributed by atoms with Crippen molar-refractivity contribution >= 4 is 22.6 Å². The molecule has 0 saturated heterocycles. The molecule has 0 aliphatic rings. The van der Waals surface area contributed by atoms with Gasteiger partial charge in [0.15, 0.2) is 11.8 Å². The Morgan fingerprint density at radius 2 is 1.56 bits per heavy atom. The summed E-state index contributed by atoms with van der Waals surface area (Å²) < 4.78 is 5.89. The van der Waals surface area contributed by atoms with E-state index < -0.39 is 5.41 Å². The Morgan fingerprint density at radius 1 is 0.889 bits per heavy atom. The van der Waals surface area contributed by atoms with Gasteiger partial charge >= 0.3 is 0 Å². The number of aliphatic imine (C=N–C) groups is 1. The number of nitrogens with zero attached hydrogens (tertiary/aromatic N) is 1. The summed E-state index contributed by atoms with van der Waals surface area (Å²) in [5, 5.41) is 10.9. The van der Waals surface area contributed by atoms with Crippen molar-refractivity contribution in [2.75, 3.05) is 7.05 Å². The van der Waals surface area contributed by atoms with Crippen LogP contribution in [0.4, 0.5) is 0 Å².